The fourth-order valence-corrected chi connectivity index (χ4v) is 4.39. The fourth-order valence-electron chi connectivity index (χ4n) is 4.39. The van der Waals surface area contributed by atoms with E-state index >= 15 is 0 Å². The van der Waals surface area contributed by atoms with Crippen molar-refractivity contribution in [3.63, 3.8) is 0 Å². The number of rotatable bonds is 10. The Morgan fingerprint density at radius 1 is 1.15 bits per heavy atom. The van der Waals surface area contributed by atoms with Crippen molar-refractivity contribution in [1.82, 2.24) is 10.2 Å². The molecule has 1 aliphatic rings. The van der Waals surface area contributed by atoms with E-state index in [0.717, 1.165) is 17.5 Å². The standard InChI is InChI=1S/C28H38N2O4/c1-6-25(28(32)29-14-16-33-5)34-23-12-11-21-13-15-30(26(31)17-19(2)3)27(24(21)18-23)22-9-7-20(4)8-10-22/h7-12,18-19,25,27H,6,13-17H2,1-5H3,(H,29,32)/t25-,27+/m0/s1. The van der Waals surface area contributed by atoms with Crippen molar-refractivity contribution in [2.75, 3.05) is 26.8 Å². The number of nitrogens with one attached hydrogen (secondary N) is 1. The highest BCUT2D eigenvalue weighted by Gasteiger charge is 2.32. The summed E-state index contributed by atoms with van der Waals surface area (Å²) in [5.41, 5.74) is 4.55. The molecule has 2 aromatic rings. The second kappa shape index (κ2) is 12.0. The van der Waals surface area contributed by atoms with E-state index in [1.165, 1.54) is 11.1 Å². The van der Waals surface area contributed by atoms with Crippen molar-refractivity contribution >= 4 is 11.8 Å². The Bertz CT molecular complexity index is 971. The Morgan fingerprint density at radius 2 is 1.88 bits per heavy atom. The van der Waals surface area contributed by atoms with Gasteiger partial charge in [0.2, 0.25) is 5.91 Å². The number of ether oxygens (including phenoxy) is 2. The van der Waals surface area contributed by atoms with Crippen molar-refractivity contribution in [3.05, 3.63) is 64.7 Å². The number of hydrogen-bond acceptors (Lipinski definition) is 4. The van der Waals surface area contributed by atoms with Crippen LogP contribution in [0.2, 0.25) is 0 Å². The molecule has 2 amide bonds. The number of amides is 2. The minimum absolute atomic E-state index is 0.152. The van der Waals surface area contributed by atoms with Gasteiger partial charge >= 0.3 is 0 Å². The number of hydrogen-bond donors (Lipinski definition) is 1. The zero-order chi connectivity index (χ0) is 24.7. The summed E-state index contributed by atoms with van der Waals surface area (Å²) < 4.78 is 11.1. The molecule has 34 heavy (non-hydrogen) atoms. The molecule has 1 heterocycles. The molecule has 6 nitrogen and oxygen atoms in total. The first-order chi connectivity index (χ1) is 16.3. The Morgan fingerprint density at radius 3 is 2.53 bits per heavy atom. The molecule has 184 valence electrons. The van der Waals surface area contributed by atoms with E-state index in [1.807, 2.05) is 24.0 Å². The molecule has 0 saturated heterocycles. The van der Waals surface area contributed by atoms with Gasteiger partial charge in [0.25, 0.3) is 5.91 Å². The fraction of sp³-hybridized carbons (Fsp3) is 0.500. The van der Waals surface area contributed by atoms with E-state index in [-0.39, 0.29) is 17.9 Å². The van der Waals surface area contributed by atoms with Gasteiger partial charge in [0.1, 0.15) is 5.75 Å². The first-order valence-corrected chi connectivity index (χ1v) is 12.3. The van der Waals surface area contributed by atoms with Crippen LogP contribution in [0.3, 0.4) is 0 Å². The highest BCUT2D eigenvalue weighted by molar-refractivity contribution is 5.81. The van der Waals surface area contributed by atoms with Crippen LogP contribution in [-0.4, -0.2) is 49.6 Å². The van der Waals surface area contributed by atoms with Crippen LogP contribution in [0.25, 0.3) is 0 Å². The lowest BCUT2D eigenvalue weighted by Gasteiger charge is -2.38. The van der Waals surface area contributed by atoms with E-state index in [9.17, 15) is 9.59 Å². The first-order valence-electron chi connectivity index (χ1n) is 12.3. The quantitative estimate of drug-likeness (QED) is 0.526. The maximum atomic E-state index is 13.2. The predicted molar refractivity (Wildman–Crippen MR) is 134 cm³/mol. The van der Waals surface area contributed by atoms with Crippen LogP contribution >= 0.6 is 0 Å². The smallest absolute Gasteiger partial charge is 0.261 e. The third-order valence-corrected chi connectivity index (χ3v) is 6.19. The van der Waals surface area contributed by atoms with Crippen LogP contribution in [0.1, 0.15) is 61.9 Å². The molecule has 2 aromatic carbocycles. The SMILES string of the molecule is CC[C@H](Oc1ccc2c(c1)[C@@H](c1ccc(C)cc1)N(C(=O)CC(C)C)CC2)C(=O)NCCOC. The molecule has 0 bridgehead atoms. The van der Waals surface area contributed by atoms with Crippen LogP contribution in [0.15, 0.2) is 42.5 Å². The maximum Gasteiger partial charge on any atom is 0.261 e. The van der Waals surface area contributed by atoms with Crippen molar-refractivity contribution < 1.29 is 19.1 Å². The summed E-state index contributed by atoms with van der Waals surface area (Å²) in [6, 6.07) is 14.2. The normalized spacial score (nSPS) is 16.2. The van der Waals surface area contributed by atoms with Crippen molar-refractivity contribution in [2.24, 2.45) is 5.92 Å². The molecule has 0 fully saturated rings. The first kappa shape index (κ1) is 25.8. The molecule has 0 aromatic heterocycles. The number of carbonyl (C=O) groups excluding carboxylic acids is 2. The molecule has 0 saturated carbocycles. The van der Waals surface area contributed by atoms with E-state index in [1.54, 1.807) is 7.11 Å². The van der Waals surface area contributed by atoms with Crippen molar-refractivity contribution in [1.29, 1.82) is 0 Å². The molecule has 0 aliphatic carbocycles. The number of benzene rings is 2. The molecule has 6 heteroatoms. The van der Waals surface area contributed by atoms with E-state index < -0.39 is 6.10 Å². The molecule has 1 aliphatic heterocycles. The van der Waals surface area contributed by atoms with Crippen LogP contribution in [0.5, 0.6) is 5.75 Å². The third kappa shape index (κ3) is 6.38. The van der Waals surface area contributed by atoms with Crippen LogP contribution in [-0.2, 0) is 20.7 Å². The third-order valence-electron chi connectivity index (χ3n) is 6.19. The van der Waals surface area contributed by atoms with Gasteiger partial charge in [-0.25, -0.2) is 0 Å². The van der Waals surface area contributed by atoms with Gasteiger partial charge in [-0.05, 0) is 54.5 Å². The van der Waals surface area contributed by atoms with Gasteiger partial charge in [-0.1, -0.05) is 56.7 Å². The number of carbonyl (C=O) groups is 2. The van der Waals surface area contributed by atoms with Crippen molar-refractivity contribution in [2.45, 2.75) is 59.1 Å². The second-order valence-corrected chi connectivity index (χ2v) is 9.41. The summed E-state index contributed by atoms with van der Waals surface area (Å²) in [5.74, 6) is 0.953. The summed E-state index contributed by atoms with van der Waals surface area (Å²) in [4.78, 5) is 27.8. The minimum Gasteiger partial charge on any atom is -0.481 e. The molecule has 0 radical (unpaired) electrons. The van der Waals surface area contributed by atoms with Gasteiger partial charge in [0.05, 0.1) is 12.6 Å². The number of methoxy groups -OCH3 is 1. The highest BCUT2D eigenvalue weighted by Crippen LogP contribution is 2.38. The van der Waals surface area contributed by atoms with Gasteiger partial charge in [0, 0.05) is 26.6 Å². The zero-order valence-corrected chi connectivity index (χ0v) is 21.1. The van der Waals surface area contributed by atoms with Crippen LogP contribution in [0.4, 0.5) is 0 Å². The molecule has 3 rings (SSSR count). The largest absolute Gasteiger partial charge is 0.481 e. The molecular formula is C28H38N2O4. The zero-order valence-electron chi connectivity index (χ0n) is 21.1. The number of nitrogens with zero attached hydrogens (tertiary/aromatic N) is 1. The highest BCUT2D eigenvalue weighted by atomic mass is 16.5. The average Bonchev–Trinajstić information content (AvgIpc) is 2.82. The second-order valence-electron chi connectivity index (χ2n) is 9.41. The van der Waals surface area contributed by atoms with Crippen molar-refractivity contribution in [3.8, 4) is 5.75 Å². The van der Waals surface area contributed by atoms with E-state index in [2.05, 4.69) is 56.4 Å². The summed E-state index contributed by atoms with van der Waals surface area (Å²) in [6.45, 7) is 9.74. The van der Waals surface area contributed by atoms with Gasteiger partial charge in [-0.15, -0.1) is 0 Å². The van der Waals surface area contributed by atoms with Crippen LogP contribution in [0, 0.1) is 12.8 Å². The summed E-state index contributed by atoms with van der Waals surface area (Å²) in [5, 5.41) is 2.86. The lowest BCUT2D eigenvalue weighted by molar-refractivity contribution is -0.134. The maximum absolute atomic E-state index is 13.2. The van der Waals surface area contributed by atoms with Gasteiger partial charge in [-0.2, -0.15) is 0 Å². The predicted octanol–water partition coefficient (Wildman–Crippen LogP) is 4.44. The van der Waals surface area contributed by atoms with Crippen LogP contribution < -0.4 is 10.1 Å². The van der Waals surface area contributed by atoms with E-state index in [0.29, 0.717) is 44.2 Å². The Balaban J connectivity index is 1.92. The summed E-state index contributed by atoms with van der Waals surface area (Å²) >= 11 is 0. The average molecular weight is 467 g/mol. The number of fused-ring (bicyclic) bond motifs is 1. The van der Waals surface area contributed by atoms with Gasteiger partial charge < -0.3 is 19.7 Å². The molecule has 0 spiro atoms. The lowest BCUT2D eigenvalue weighted by Crippen LogP contribution is -2.41. The minimum atomic E-state index is -0.588. The van der Waals surface area contributed by atoms with E-state index in [4.69, 9.17) is 9.47 Å². The Kier molecular flexibility index (Phi) is 9.11. The molecular weight excluding hydrogens is 428 g/mol. The molecule has 2 atom stereocenters. The Labute approximate surface area is 203 Å². The molecule has 0 unspecified atom stereocenters. The monoisotopic (exact) mass is 466 g/mol. The lowest BCUT2D eigenvalue weighted by atomic mass is 9.87. The Hall–Kier alpha value is -2.86. The topological polar surface area (TPSA) is 67.9 Å². The number of aryl methyl sites for hydroxylation is 1. The molecule has 1 N–H and O–H groups in total. The summed E-state index contributed by atoms with van der Waals surface area (Å²) in [6.07, 6.45) is 1.29. The van der Waals surface area contributed by atoms with Gasteiger partial charge in [0.15, 0.2) is 6.10 Å². The van der Waals surface area contributed by atoms with Gasteiger partial charge in [-0.3, -0.25) is 9.59 Å². The summed E-state index contributed by atoms with van der Waals surface area (Å²) in [7, 11) is 1.60.